The number of carbonyl (C=O) groups is 2. The van der Waals surface area contributed by atoms with E-state index in [0.29, 0.717) is 37.7 Å². The minimum atomic E-state index is -0.333. The van der Waals surface area contributed by atoms with Crippen LogP contribution in [0.25, 0.3) is 0 Å². The van der Waals surface area contributed by atoms with Crippen LogP contribution in [0.2, 0.25) is 0 Å². The van der Waals surface area contributed by atoms with Gasteiger partial charge in [-0.15, -0.1) is 0 Å². The summed E-state index contributed by atoms with van der Waals surface area (Å²) in [5.74, 6) is 0.640. The highest BCUT2D eigenvalue weighted by atomic mass is 16.6. The fraction of sp³-hybridized carbons (Fsp3) is 0.529. The largest absolute Gasteiger partial charge is 0.489 e. The van der Waals surface area contributed by atoms with E-state index in [0.717, 1.165) is 12.8 Å². The van der Waals surface area contributed by atoms with E-state index in [1.165, 1.54) is 0 Å². The number of benzene rings is 1. The molecule has 0 aliphatic carbocycles. The Morgan fingerprint density at radius 2 is 2.21 bits per heavy atom. The van der Waals surface area contributed by atoms with Gasteiger partial charge in [-0.3, -0.25) is 0 Å². The zero-order valence-electron chi connectivity index (χ0n) is 14.2. The Bertz CT molecular complexity index is 565. The Morgan fingerprint density at radius 3 is 2.96 bits per heavy atom. The second-order valence-electron chi connectivity index (χ2n) is 5.67. The van der Waals surface area contributed by atoms with Crippen molar-refractivity contribution in [2.75, 3.05) is 31.6 Å². The zero-order chi connectivity index (χ0) is 17.4. The number of urea groups is 1. The zero-order valence-corrected chi connectivity index (χ0v) is 14.2. The first-order chi connectivity index (χ1) is 11.6. The molecule has 7 nitrogen and oxygen atoms in total. The number of anilines is 1. The van der Waals surface area contributed by atoms with Crippen molar-refractivity contribution in [1.29, 1.82) is 0 Å². The van der Waals surface area contributed by atoms with Crippen LogP contribution in [0.5, 0.6) is 5.75 Å². The second kappa shape index (κ2) is 9.00. The summed E-state index contributed by atoms with van der Waals surface area (Å²) in [7, 11) is 0. The number of amides is 3. The minimum absolute atomic E-state index is 0.0705. The molecule has 1 aromatic rings. The van der Waals surface area contributed by atoms with Gasteiger partial charge < -0.3 is 25.0 Å². The van der Waals surface area contributed by atoms with Gasteiger partial charge in [-0.25, -0.2) is 9.59 Å². The molecule has 1 saturated heterocycles. The quantitative estimate of drug-likeness (QED) is 0.803. The van der Waals surface area contributed by atoms with Gasteiger partial charge in [0.05, 0.1) is 18.4 Å². The Morgan fingerprint density at radius 1 is 1.42 bits per heavy atom. The first kappa shape index (κ1) is 17.9. The number of rotatable bonds is 7. The minimum Gasteiger partial charge on any atom is -0.489 e. The maximum absolute atomic E-state index is 12.0. The Kier molecular flexibility index (Phi) is 6.72. The first-order valence-corrected chi connectivity index (χ1v) is 8.32. The van der Waals surface area contributed by atoms with E-state index in [1.807, 2.05) is 32.0 Å². The van der Waals surface area contributed by atoms with Crippen molar-refractivity contribution in [2.24, 2.45) is 0 Å². The van der Waals surface area contributed by atoms with E-state index < -0.39 is 0 Å². The van der Waals surface area contributed by atoms with Gasteiger partial charge in [-0.2, -0.15) is 0 Å². The van der Waals surface area contributed by atoms with Crippen LogP contribution in [0.4, 0.5) is 15.3 Å². The van der Waals surface area contributed by atoms with Gasteiger partial charge >= 0.3 is 12.1 Å². The molecule has 3 amide bonds. The lowest BCUT2D eigenvalue weighted by molar-refractivity contribution is 0.0736. The molecule has 1 aliphatic heterocycles. The van der Waals surface area contributed by atoms with Crippen molar-refractivity contribution in [1.82, 2.24) is 10.2 Å². The molecule has 2 rings (SSSR count). The lowest BCUT2D eigenvalue weighted by Crippen LogP contribution is -2.43. The molecule has 0 saturated carbocycles. The second-order valence-corrected chi connectivity index (χ2v) is 5.67. The van der Waals surface area contributed by atoms with Gasteiger partial charge in [-0.05, 0) is 31.9 Å². The molecule has 1 atom stereocenters. The molecule has 7 heteroatoms. The van der Waals surface area contributed by atoms with Crippen LogP contribution < -0.4 is 15.4 Å². The SMILES string of the molecule is CC[C@@H](C)Oc1ccccc1NC(=O)NCCN1CCCOC1=O. The van der Waals surface area contributed by atoms with Crippen LogP contribution in [0.15, 0.2) is 24.3 Å². The molecule has 24 heavy (non-hydrogen) atoms. The topological polar surface area (TPSA) is 79.9 Å². The number of para-hydroxylation sites is 2. The van der Waals surface area contributed by atoms with Gasteiger partial charge in [0.15, 0.2) is 0 Å². The van der Waals surface area contributed by atoms with Crippen LogP contribution in [-0.2, 0) is 4.74 Å². The number of nitrogens with one attached hydrogen (secondary N) is 2. The highest BCUT2D eigenvalue weighted by Gasteiger charge is 2.19. The number of carbonyl (C=O) groups excluding carboxylic acids is 2. The van der Waals surface area contributed by atoms with E-state index in [9.17, 15) is 9.59 Å². The summed E-state index contributed by atoms with van der Waals surface area (Å²) in [4.78, 5) is 25.1. The fourth-order valence-electron chi connectivity index (χ4n) is 2.24. The Labute approximate surface area is 142 Å². The van der Waals surface area contributed by atoms with Gasteiger partial charge in [0.1, 0.15) is 5.75 Å². The molecule has 0 aromatic heterocycles. The van der Waals surface area contributed by atoms with Crippen LogP contribution in [0.1, 0.15) is 26.7 Å². The maximum atomic E-state index is 12.0. The normalized spacial score (nSPS) is 15.4. The van der Waals surface area contributed by atoms with Crippen molar-refractivity contribution in [2.45, 2.75) is 32.8 Å². The van der Waals surface area contributed by atoms with Crippen molar-refractivity contribution >= 4 is 17.8 Å². The molecule has 1 aliphatic rings. The molecule has 1 fully saturated rings. The summed E-state index contributed by atoms with van der Waals surface area (Å²) in [5.41, 5.74) is 0.618. The van der Waals surface area contributed by atoms with Gasteiger partial charge in [0.2, 0.25) is 0 Å². The smallest absolute Gasteiger partial charge is 0.409 e. The average Bonchev–Trinajstić information content (AvgIpc) is 2.58. The van der Waals surface area contributed by atoms with Gasteiger partial charge in [0, 0.05) is 19.6 Å². The Hall–Kier alpha value is -2.44. The van der Waals surface area contributed by atoms with Crippen LogP contribution >= 0.6 is 0 Å². The summed E-state index contributed by atoms with van der Waals surface area (Å²) in [6, 6.07) is 6.98. The summed E-state index contributed by atoms with van der Waals surface area (Å²) >= 11 is 0. The predicted octanol–water partition coefficient (Wildman–Crippen LogP) is 2.83. The van der Waals surface area contributed by atoms with E-state index in [4.69, 9.17) is 9.47 Å². The third kappa shape index (κ3) is 5.33. The number of hydrogen-bond acceptors (Lipinski definition) is 4. The van der Waals surface area contributed by atoms with Crippen molar-refractivity contribution in [3.8, 4) is 5.75 Å². The molecule has 0 radical (unpaired) electrons. The average molecular weight is 335 g/mol. The third-order valence-corrected chi connectivity index (χ3v) is 3.76. The van der Waals surface area contributed by atoms with E-state index in [2.05, 4.69) is 10.6 Å². The van der Waals surface area contributed by atoms with Crippen LogP contribution in [0.3, 0.4) is 0 Å². The summed E-state index contributed by atoms with van der Waals surface area (Å²) in [5, 5.41) is 5.52. The molecule has 1 aromatic carbocycles. The van der Waals surface area contributed by atoms with Crippen LogP contribution in [-0.4, -0.2) is 49.4 Å². The molecule has 0 unspecified atom stereocenters. The molecule has 0 spiro atoms. The highest BCUT2D eigenvalue weighted by molar-refractivity contribution is 5.90. The molecule has 1 heterocycles. The molecule has 0 bridgehead atoms. The number of hydrogen-bond donors (Lipinski definition) is 2. The predicted molar refractivity (Wildman–Crippen MR) is 91.4 cm³/mol. The molecular weight excluding hydrogens is 310 g/mol. The molecule has 2 N–H and O–H groups in total. The number of cyclic esters (lactones) is 1. The molecule has 132 valence electrons. The van der Waals surface area contributed by atoms with Crippen LogP contribution in [0, 0.1) is 0 Å². The summed E-state index contributed by atoms with van der Waals surface area (Å²) in [6.45, 7) is 5.93. The summed E-state index contributed by atoms with van der Waals surface area (Å²) < 4.78 is 10.7. The van der Waals surface area contributed by atoms with Crippen molar-refractivity contribution < 1.29 is 19.1 Å². The van der Waals surface area contributed by atoms with Gasteiger partial charge in [0.25, 0.3) is 0 Å². The fourth-order valence-corrected chi connectivity index (χ4v) is 2.24. The Balaban J connectivity index is 1.80. The first-order valence-electron chi connectivity index (χ1n) is 8.32. The number of ether oxygens (including phenoxy) is 2. The number of nitrogens with zero attached hydrogens (tertiary/aromatic N) is 1. The lowest BCUT2D eigenvalue weighted by atomic mass is 10.2. The van der Waals surface area contributed by atoms with E-state index >= 15 is 0 Å². The standard InChI is InChI=1S/C17H25N3O4/c1-3-13(2)24-15-8-5-4-7-14(15)19-16(21)18-9-11-20-10-6-12-23-17(20)22/h4-5,7-8,13H,3,6,9-12H2,1-2H3,(H2,18,19,21)/t13-/m1/s1. The third-order valence-electron chi connectivity index (χ3n) is 3.76. The molecular formula is C17H25N3O4. The highest BCUT2D eigenvalue weighted by Crippen LogP contribution is 2.25. The van der Waals surface area contributed by atoms with Crippen molar-refractivity contribution in [3.63, 3.8) is 0 Å². The summed E-state index contributed by atoms with van der Waals surface area (Å²) in [6.07, 6.45) is 1.45. The maximum Gasteiger partial charge on any atom is 0.409 e. The van der Waals surface area contributed by atoms with Gasteiger partial charge in [-0.1, -0.05) is 19.1 Å². The van der Waals surface area contributed by atoms with Crippen molar-refractivity contribution in [3.05, 3.63) is 24.3 Å². The van der Waals surface area contributed by atoms with E-state index in [-0.39, 0.29) is 18.2 Å². The lowest BCUT2D eigenvalue weighted by Gasteiger charge is -2.26. The van der Waals surface area contributed by atoms with E-state index in [1.54, 1.807) is 11.0 Å². The monoisotopic (exact) mass is 335 g/mol.